The zero-order chi connectivity index (χ0) is 51.5. The molecule has 0 spiro atoms. The van der Waals surface area contributed by atoms with Gasteiger partial charge in [0.15, 0.2) is 0 Å². The molecular weight excluding hydrogens is 907 g/mol. The fraction of sp³-hybridized carbons (Fsp3) is 1.00. The van der Waals surface area contributed by atoms with Crippen LogP contribution in [0.15, 0.2) is 0 Å². The maximum Gasteiger partial charge on any atom is 0.0695 e. The smallest absolute Gasteiger partial charge is 0.0695 e. The van der Waals surface area contributed by atoms with Gasteiger partial charge in [-0.3, -0.25) is 0 Å². The second kappa shape index (κ2) is 64.2. The highest BCUT2D eigenvalue weighted by atomic mass is 35.5. The summed E-state index contributed by atoms with van der Waals surface area (Å²) in [6, 6.07) is 0. The first-order valence-electron chi connectivity index (χ1n) is 34.9. The number of hydrogen-bond donors (Lipinski definition) is 0. The molecule has 0 fully saturated rings. The molecule has 0 rings (SSSR count). The van der Waals surface area contributed by atoms with Crippen LogP contribution in [0.5, 0.6) is 0 Å². The van der Waals surface area contributed by atoms with Gasteiger partial charge in [0.05, 0.1) is 11.3 Å². The minimum atomic E-state index is -1.01. The van der Waals surface area contributed by atoms with E-state index in [1.165, 1.54) is 372 Å². The Kier molecular flexibility index (Phi) is 66.7. The molecule has 0 aliphatic rings. The predicted octanol–water partition coefficient (Wildman–Crippen LogP) is 24.3. The van der Waals surface area contributed by atoms with Crippen LogP contribution < -0.4 is 12.4 Å². The van der Waals surface area contributed by atoms with Crippen molar-refractivity contribution in [2.75, 3.05) is 13.3 Å². The Bertz CT molecular complexity index is 858. The van der Waals surface area contributed by atoms with Gasteiger partial charge in [-0.05, 0) is 51.4 Å². The van der Waals surface area contributed by atoms with Gasteiger partial charge in [0.1, 0.15) is 0 Å². The minimum Gasteiger partial charge on any atom is -1.00 e. The molecule has 72 heavy (non-hydrogen) atoms. The average molecular weight is 1050 g/mol. The Morgan fingerprint density at radius 2 is 0.264 bits per heavy atom. The van der Waals surface area contributed by atoms with E-state index in [1.807, 2.05) is 0 Å². The third-order valence-corrected chi connectivity index (χ3v) is 22.7. The molecule has 0 saturated heterocycles. The minimum absolute atomic E-state index is 0. The first-order chi connectivity index (χ1) is 35.0. The quantitative estimate of drug-likeness (QED) is 0.0421. The summed E-state index contributed by atoms with van der Waals surface area (Å²) in [4.78, 5) is 0. The van der Waals surface area contributed by atoms with Gasteiger partial charge in [0, 0.05) is 20.6 Å². The summed E-state index contributed by atoms with van der Waals surface area (Å²) in [7, 11) is -1.01. The van der Waals surface area contributed by atoms with E-state index in [1.54, 1.807) is 25.7 Å². The molecule has 0 aromatic carbocycles. The van der Waals surface area contributed by atoms with E-state index in [2.05, 4.69) is 41.0 Å². The summed E-state index contributed by atoms with van der Waals surface area (Å²) < 4.78 is 0. The topological polar surface area (TPSA) is 0 Å². The summed E-state index contributed by atoms with van der Waals surface area (Å²) in [5.74, 6) is 0. The standard InChI is InChI=1S/C70H144P.ClH/c1-7-11-15-19-23-27-31-35-37-39-43-47-51-55-59-63-67-69(65-61-57-53-49-45-41-33-29-25-21-17-13-9-3)71(5,6)70(66-62-58-54-50-46-42-34-30-26-22-18-14-10-4)68-64-60-56-52-48-44-40-38-36-32-28-24-20-16-12-8-2;/h69-70H,7-68H2,1-6H3;1H/q+1;/p-1. The van der Waals surface area contributed by atoms with Crippen molar-refractivity contribution in [3.63, 3.8) is 0 Å². The monoisotopic (exact) mass is 1050 g/mol. The van der Waals surface area contributed by atoms with Gasteiger partial charge in [-0.1, -0.05) is 374 Å². The van der Waals surface area contributed by atoms with Gasteiger partial charge in [-0.25, -0.2) is 0 Å². The highest BCUT2D eigenvalue weighted by molar-refractivity contribution is 7.75. The Hall–Kier alpha value is 0.720. The van der Waals surface area contributed by atoms with E-state index < -0.39 is 7.26 Å². The Morgan fingerprint density at radius 1 is 0.167 bits per heavy atom. The lowest BCUT2D eigenvalue weighted by molar-refractivity contribution is -0.0000159. The van der Waals surface area contributed by atoms with E-state index in [0.29, 0.717) is 0 Å². The molecule has 2 atom stereocenters. The van der Waals surface area contributed by atoms with Crippen molar-refractivity contribution in [1.82, 2.24) is 0 Å². The molecule has 0 aromatic heterocycles. The highest BCUT2D eigenvalue weighted by Crippen LogP contribution is 2.65. The van der Waals surface area contributed by atoms with Crippen LogP contribution in [0.25, 0.3) is 0 Å². The van der Waals surface area contributed by atoms with Crippen LogP contribution in [-0.2, 0) is 0 Å². The Labute approximate surface area is 467 Å². The zero-order valence-corrected chi connectivity index (χ0v) is 53.5. The number of hydrogen-bond acceptors (Lipinski definition) is 0. The van der Waals surface area contributed by atoms with Crippen LogP contribution >= 0.6 is 7.26 Å². The first kappa shape index (κ1) is 74.8. The number of halogens is 1. The maximum atomic E-state index is 2.91. The van der Waals surface area contributed by atoms with Crippen molar-refractivity contribution in [3.8, 4) is 0 Å². The third-order valence-electron chi connectivity index (χ3n) is 17.9. The van der Waals surface area contributed by atoms with Gasteiger partial charge in [0.2, 0.25) is 0 Å². The van der Waals surface area contributed by atoms with E-state index >= 15 is 0 Å². The molecule has 2 heteroatoms. The van der Waals surface area contributed by atoms with E-state index in [4.69, 9.17) is 0 Å². The molecule has 0 aromatic rings. The Morgan fingerprint density at radius 3 is 0.375 bits per heavy atom. The van der Waals surface area contributed by atoms with E-state index in [0.717, 1.165) is 11.3 Å². The zero-order valence-electron chi connectivity index (χ0n) is 51.8. The molecule has 0 aliphatic heterocycles. The van der Waals surface area contributed by atoms with Crippen molar-refractivity contribution in [2.45, 2.75) is 437 Å². The van der Waals surface area contributed by atoms with Gasteiger partial charge in [0.25, 0.3) is 0 Å². The fourth-order valence-electron chi connectivity index (χ4n) is 12.6. The van der Waals surface area contributed by atoms with Crippen LogP contribution in [-0.4, -0.2) is 24.6 Å². The largest absolute Gasteiger partial charge is 1.00 e. The van der Waals surface area contributed by atoms with Crippen LogP contribution in [0.2, 0.25) is 0 Å². The second-order valence-corrected chi connectivity index (χ2v) is 29.9. The van der Waals surface area contributed by atoms with Gasteiger partial charge in [-0.2, -0.15) is 0 Å². The first-order valence-corrected chi connectivity index (χ1v) is 37.7. The summed E-state index contributed by atoms with van der Waals surface area (Å²) in [6.45, 7) is 15.2. The highest BCUT2D eigenvalue weighted by Gasteiger charge is 2.42. The second-order valence-electron chi connectivity index (χ2n) is 25.2. The summed E-state index contributed by atoms with van der Waals surface area (Å²) in [6.07, 6.45) is 92.3. The maximum absolute atomic E-state index is 2.91. The van der Waals surface area contributed by atoms with Crippen LogP contribution in [0.3, 0.4) is 0 Å². The fourth-order valence-corrected chi connectivity index (χ4v) is 16.6. The lowest BCUT2D eigenvalue weighted by Crippen LogP contribution is -3.00. The van der Waals surface area contributed by atoms with Crippen LogP contribution in [0.4, 0.5) is 0 Å². The van der Waals surface area contributed by atoms with Crippen molar-refractivity contribution >= 4 is 7.26 Å². The molecule has 2 unspecified atom stereocenters. The summed E-state index contributed by atoms with van der Waals surface area (Å²) >= 11 is 0. The van der Waals surface area contributed by atoms with Crippen LogP contribution in [0, 0.1) is 0 Å². The molecular formula is C70H144ClP. The molecule has 0 bridgehead atoms. The molecule has 0 aliphatic carbocycles. The third kappa shape index (κ3) is 55.5. The molecule has 436 valence electrons. The number of unbranched alkanes of at least 4 members (excludes halogenated alkanes) is 54. The predicted molar refractivity (Wildman–Crippen MR) is 335 cm³/mol. The van der Waals surface area contributed by atoms with Gasteiger partial charge < -0.3 is 12.4 Å². The normalized spacial score (nSPS) is 12.8. The molecule has 0 amide bonds. The van der Waals surface area contributed by atoms with E-state index in [-0.39, 0.29) is 12.4 Å². The average Bonchev–Trinajstić information content (AvgIpc) is 3.37. The number of rotatable bonds is 64. The molecule has 0 N–H and O–H groups in total. The van der Waals surface area contributed by atoms with E-state index in [9.17, 15) is 0 Å². The SMILES string of the molecule is CCCCCCCCCCCCCCCCCCC(CCCCCCCCCCCCCCC)[P+](C)(C)C(CCCCCCCCCCCCCCC)CCCCCCCCCCCCCCCCCC.[Cl-]. The summed E-state index contributed by atoms with van der Waals surface area (Å²) in [5, 5.41) is 0. The Balaban J connectivity index is 0. The van der Waals surface area contributed by atoms with Crippen molar-refractivity contribution in [3.05, 3.63) is 0 Å². The van der Waals surface area contributed by atoms with Crippen LogP contribution in [0.1, 0.15) is 426 Å². The lowest BCUT2D eigenvalue weighted by Gasteiger charge is -2.36. The molecule has 0 saturated carbocycles. The van der Waals surface area contributed by atoms with Gasteiger partial charge in [-0.15, -0.1) is 0 Å². The van der Waals surface area contributed by atoms with Crippen molar-refractivity contribution < 1.29 is 12.4 Å². The molecule has 0 heterocycles. The van der Waals surface area contributed by atoms with Gasteiger partial charge >= 0.3 is 0 Å². The molecule has 0 nitrogen and oxygen atoms in total. The summed E-state index contributed by atoms with van der Waals surface area (Å²) in [5.41, 5.74) is 2.07. The molecule has 0 radical (unpaired) electrons. The van der Waals surface area contributed by atoms with Crippen molar-refractivity contribution in [1.29, 1.82) is 0 Å². The lowest BCUT2D eigenvalue weighted by atomic mass is 10.0. The van der Waals surface area contributed by atoms with Crippen molar-refractivity contribution in [2.24, 2.45) is 0 Å².